The zero-order valence-corrected chi connectivity index (χ0v) is 14.4. The van der Waals surface area contributed by atoms with Crippen LogP contribution in [0.1, 0.15) is 41.5 Å². The molecule has 0 aliphatic heterocycles. The summed E-state index contributed by atoms with van der Waals surface area (Å²) < 4.78 is 2.21. The van der Waals surface area contributed by atoms with Crippen LogP contribution in [0.2, 0.25) is 21.6 Å². The number of hydrogen-bond donors (Lipinski definition) is 2. The van der Waals surface area contributed by atoms with Crippen molar-refractivity contribution < 1.29 is 10.0 Å². The van der Waals surface area contributed by atoms with Gasteiger partial charge in [0.05, 0.1) is 5.02 Å². The van der Waals surface area contributed by atoms with Crippen LogP contribution >= 0.6 is 11.6 Å². The molecular formula is C13H25BClNO2Si. The van der Waals surface area contributed by atoms with Crippen LogP contribution < -0.4 is 5.46 Å². The smallest absolute Gasteiger partial charge is 0.423 e. The summed E-state index contributed by atoms with van der Waals surface area (Å²) in [5.74, 6) is 0. The van der Waals surface area contributed by atoms with Crippen LogP contribution in [0.15, 0.2) is 12.4 Å². The first-order chi connectivity index (χ1) is 8.65. The first-order valence-electron chi connectivity index (χ1n) is 6.89. The Hall–Kier alpha value is -0.228. The van der Waals surface area contributed by atoms with Crippen molar-refractivity contribution in [2.75, 3.05) is 0 Å². The summed E-state index contributed by atoms with van der Waals surface area (Å²) in [4.78, 5) is 0. The standard InChI is InChI=1S/C13H25BClNO2Si/c1-9(2)19(10(3)4,11(5)6)16-7-12(14(17)18)13(15)8-16/h7-11,17-18H,1-6H3. The van der Waals surface area contributed by atoms with Gasteiger partial charge in [-0.25, -0.2) is 0 Å². The molecule has 0 unspecified atom stereocenters. The third kappa shape index (κ3) is 2.79. The highest BCUT2D eigenvalue weighted by molar-refractivity contribution is 6.82. The van der Waals surface area contributed by atoms with Crippen molar-refractivity contribution in [3.8, 4) is 0 Å². The highest BCUT2D eigenvalue weighted by Crippen LogP contribution is 2.42. The first kappa shape index (κ1) is 16.8. The van der Waals surface area contributed by atoms with Gasteiger partial charge in [0.2, 0.25) is 0 Å². The van der Waals surface area contributed by atoms with Crippen molar-refractivity contribution >= 4 is 32.4 Å². The van der Waals surface area contributed by atoms with E-state index in [4.69, 9.17) is 11.6 Å². The van der Waals surface area contributed by atoms with Crippen LogP contribution in [-0.4, -0.2) is 29.6 Å². The summed E-state index contributed by atoms with van der Waals surface area (Å²) in [6, 6.07) is 0. The van der Waals surface area contributed by atoms with Gasteiger partial charge >= 0.3 is 7.12 Å². The SMILES string of the molecule is CC(C)[Si](C(C)C)(C(C)C)n1cc(Cl)c(B(O)O)c1. The van der Waals surface area contributed by atoms with Crippen molar-refractivity contribution in [1.82, 2.24) is 4.23 Å². The van der Waals surface area contributed by atoms with Gasteiger partial charge < -0.3 is 14.3 Å². The van der Waals surface area contributed by atoms with Crippen molar-refractivity contribution in [3.05, 3.63) is 17.4 Å². The number of aromatic nitrogens is 1. The van der Waals surface area contributed by atoms with E-state index < -0.39 is 15.4 Å². The third-order valence-electron chi connectivity index (χ3n) is 4.31. The quantitative estimate of drug-likeness (QED) is 0.822. The molecule has 0 aliphatic carbocycles. The van der Waals surface area contributed by atoms with Crippen LogP contribution in [0.3, 0.4) is 0 Å². The van der Waals surface area contributed by atoms with E-state index in [1.807, 2.05) is 12.4 Å². The molecule has 108 valence electrons. The molecule has 1 heterocycles. The van der Waals surface area contributed by atoms with Gasteiger partial charge in [-0.05, 0) is 22.8 Å². The largest absolute Gasteiger partial charge is 0.491 e. The van der Waals surface area contributed by atoms with Crippen molar-refractivity contribution in [1.29, 1.82) is 0 Å². The molecule has 0 radical (unpaired) electrons. The molecule has 0 aliphatic rings. The molecule has 19 heavy (non-hydrogen) atoms. The number of nitrogens with zero attached hydrogens (tertiary/aromatic N) is 1. The van der Waals surface area contributed by atoms with E-state index in [-0.39, 0.29) is 0 Å². The lowest BCUT2D eigenvalue weighted by Gasteiger charge is -2.44. The molecule has 1 rings (SSSR count). The summed E-state index contributed by atoms with van der Waals surface area (Å²) in [6.07, 6.45) is 3.71. The van der Waals surface area contributed by atoms with Crippen LogP contribution in [0, 0.1) is 0 Å². The van der Waals surface area contributed by atoms with E-state index in [1.54, 1.807) is 0 Å². The van der Waals surface area contributed by atoms with E-state index >= 15 is 0 Å². The zero-order valence-electron chi connectivity index (χ0n) is 12.7. The summed E-state index contributed by atoms with van der Waals surface area (Å²) in [6.45, 7) is 13.6. The van der Waals surface area contributed by atoms with Crippen molar-refractivity contribution in [3.63, 3.8) is 0 Å². The van der Waals surface area contributed by atoms with Crippen molar-refractivity contribution in [2.45, 2.75) is 58.2 Å². The Morgan fingerprint density at radius 1 is 1.00 bits per heavy atom. The van der Waals surface area contributed by atoms with Gasteiger partial charge in [-0.2, -0.15) is 0 Å². The Kier molecular flexibility index (Phi) is 5.35. The summed E-state index contributed by atoms with van der Waals surface area (Å²) in [5, 5.41) is 19.2. The van der Waals surface area contributed by atoms with Crippen LogP contribution in [-0.2, 0) is 0 Å². The Morgan fingerprint density at radius 2 is 1.42 bits per heavy atom. The fourth-order valence-electron chi connectivity index (χ4n) is 3.75. The van der Waals surface area contributed by atoms with Crippen LogP contribution in [0.25, 0.3) is 0 Å². The van der Waals surface area contributed by atoms with Gasteiger partial charge in [-0.15, -0.1) is 0 Å². The molecule has 0 spiro atoms. The predicted octanol–water partition coefficient (Wildman–Crippen LogP) is 2.84. The number of rotatable bonds is 5. The van der Waals surface area contributed by atoms with Gasteiger partial charge in [-0.1, -0.05) is 53.1 Å². The van der Waals surface area contributed by atoms with E-state index in [0.717, 1.165) is 0 Å². The fraction of sp³-hybridized carbons (Fsp3) is 0.692. The maximum Gasteiger partial charge on any atom is 0.491 e. The van der Waals surface area contributed by atoms with E-state index in [9.17, 15) is 10.0 Å². The monoisotopic (exact) mass is 301 g/mol. The van der Waals surface area contributed by atoms with E-state index in [0.29, 0.717) is 27.1 Å². The van der Waals surface area contributed by atoms with Crippen LogP contribution in [0.4, 0.5) is 0 Å². The van der Waals surface area contributed by atoms with Gasteiger partial charge in [0.25, 0.3) is 0 Å². The minimum absolute atomic E-state index is 0.403. The molecule has 3 nitrogen and oxygen atoms in total. The van der Waals surface area contributed by atoms with Gasteiger partial charge in [0, 0.05) is 11.7 Å². The Labute approximate surface area is 122 Å². The maximum atomic E-state index is 9.37. The minimum atomic E-state index is -1.85. The summed E-state index contributed by atoms with van der Waals surface area (Å²) >= 11 is 6.14. The fourth-order valence-corrected chi connectivity index (χ4v) is 10.6. The molecular weight excluding hydrogens is 276 g/mol. The maximum absolute atomic E-state index is 9.37. The summed E-state index contributed by atoms with van der Waals surface area (Å²) in [5.41, 5.74) is 2.03. The lowest BCUT2D eigenvalue weighted by atomic mass is 9.83. The van der Waals surface area contributed by atoms with E-state index in [1.165, 1.54) is 0 Å². The molecule has 0 fully saturated rings. The normalized spacial score (nSPS) is 12.8. The molecule has 0 saturated carbocycles. The average Bonchev–Trinajstić information content (AvgIpc) is 2.59. The molecule has 6 heteroatoms. The zero-order chi connectivity index (χ0) is 15.0. The molecule has 1 aromatic heterocycles. The predicted molar refractivity (Wildman–Crippen MR) is 85.7 cm³/mol. The Morgan fingerprint density at radius 3 is 1.68 bits per heavy atom. The van der Waals surface area contributed by atoms with Gasteiger partial charge in [-0.3, -0.25) is 0 Å². The van der Waals surface area contributed by atoms with Gasteiger partial charge in [0.1, 0.15) is 0 Å². The second-order valence-electron chi connectivity index (χ2n) is 6.19. The van der Waals surface area contributed by atoms with E-state index in [2.05, 4.69) is 45.8 Å². The molecule has 0 aromatic carbocycles. The molecule has 0 atom stereocenters. The lowest BCUT2D eigenvalue weighted by molar-refractivity contribution is 0.426. The van der Waals surface area contributed by atoms with Gasteiger partial charge in [0.15, 0.2) is 8.24 Å². The van der Waals surface area contributed by atoms with Crippen LogP contribution in [0.5, 0.6) is 0 Å². The molecule has 2 N–H and O–H groups in total. The first-order valence-corrected chi connectivity index (χ1v) is 9.45. The third-order valence-corrected chi connectivity index (χ3v) is 11.3. The average molecular weight is 302 g/mol. The summed E-state index contributed by atoms with van der Waals surface area (Å²) in [7, 11) is -3.36. The highest BCUT2D eigenvalue weighted by Gasteiger charge is 2.45. The topological polar surface area (TPSA) is 45.4 Å². The molecule has 0 amide bonds. The number of halogens is 1. The number of hydrogen-bond acceptors (Lipinski definition) is 2. The minimum Gasteiger partial charge on any atom is -0.423 e. The Bertz CT molecular complexity index is 411. The lowest BCUT2D eigenvalue weighted by Crippen LogP contribution is -2.51. The molecule has 1 aromatic rings. The second kappa shape index (κ2) is 6.04. The Balaban J connectivity index is 3.45. The molecule has 0 saturated heterocycles. The molecule has 0 bridgehead atoms. The second-order valence-corrected chi connectivity index (χ2v) is 12.4. The van der Waals surface area contributed by atoms with Crippen molar-refractivity contribution in [2.24, 2.45) is 0 Å². The highest BCUT2D eigenvalue weighted by atomic mass is 35.5.